The topological polar surface area (TPSA) is 26.2 Å². The van der Waals surface area contributed by atoms with Crippen LogP contribution in [0, 0.1) is 0 Å². The summed E-state index contributed by atoms with van der Waals surface area (Å²) in [5.74, 6) is 0. The van der Waals surface area contributed by atoms with Gasteiger partial charge in [-0.15, -0.1) is 0 Å². The molecule has 6 heteroatoms. The Morgan fingerprint density at radius 1 is 0.500 bits per heavy atom. The molecule has 0 aromatic carbocycles. The molecule has 0 unspecified atom stereocenters. The largest absolute Gasteiger partial charge is 1.00 e. The molecule has 0 aliphatic carbocycles. The fourth-order valence-electron chi connectivity index (χ4n) is 4.89. The quantitative estimate of drug-likeness (QED) is 0.119. The van der Waals surface area contributed by atoms with E-state index in [1.54, 1.807) is 0 Å². The van der Waals surface area contributed by atoms with Crippen LogP contribution in [0.3, 0.4) is 0 Å². The summed E-state index contributed by atoms with van der Waals surface area (Å²) in [6.07, 6.45) is 29.7. The number of ether oxygens (including phenoxy) is 2. The van der Waals surface area contributed by atoms with Gasteiger partial charge in [0, 0.05) is 49.3 Å². The zero-order chi connectivity index (χ0) is 26.9. The van der Waals surface area contributed by atoms with Crippen LogP contribution in [0.1, 0.15) is 128 Å². The molecular formula is C34H58Br2N2O2. The third-order valence-electron chi connectivity index (χ3n) is 7.24. The lowest BCUT2D eigenvalue weighted by Gasteiger charge is -2.06. The average molecular weight is 687 g/mol. The second-order valence-corrected chi connectivity index (χ2v) is 11.0. The molecular weight excluding hydrogens is 628 g/mol. The van der Waals surface area contributed by atoms with Crippen LogP contribution in [0.5, 0.6) is 0 Å². The molecule has 2 rings (SSSR count). The number of aromatic nitrogens is 2. The van der Waals surface area contributed by atoms with Gasteiger partial charge in [-0.2, -0.15) is 0 Å². The van der Waals surface area contributed by atoms with Crippen LogP contribution in [0.15, 0.2) is 49.1 Å². The Kier molecular flexibility index (Phi) is 27.7. The third kappa shape index (κ3) is 21.0. The molecule has 40 heavy (non-hydrogen) atoms. The van der Waals surface area contributed by atoms with Gasteiger partial charge in [-0.05, 0) is 37.8 Å². The van der Waals surface area contributed by atoms with Crippen molar-refractivity contribution in [2.24, 2.45) is 0 Å². The molecule has 0 saturated carbocycles. The number of unbranched alkanes of at least 4 members (excludes halogenated alkanes) is 13. The molecule has 0 bridgehead atoms. The van der Waals surface area contributed by atoms with Crippen molar-refractivity contribution < 1.29 is 52.6 Å². The highest BCUT2D eigenvalue weighted by molar-refractivity contribution is 5.04. The van der Waals surface area contributed by atoms with Crippen molar-refractivity contribution >= 4 is 0 Å². The molecule has 230 valence electrons. The highest BCUT2D eigenvalue weighted by Crippen LogP contribution is 2.07. The maximum absolute atomic E-state index is 5.95. The predicted octanol–water partition coefficient (Wildman–Crippen LogP) is 2.28. The van der Waals surface area contributed by atoms with Crippen LogP contribution in [0.25, 0.3) is 0 Å². The Labute approximate surface area is 267 Å². The summed E-state index contributed by atoms with van der Waals surface area (Å²) in [5.41, 5.74) is 2.56. The van der Waals surface area contributed by atoms with Crippen LogP contribution >= 0.6 is 0 Å². The van der Waals surface area contributed by atoms with Crippen molar-refractivity contribution in [1.29, 1.82) is 0 Å². The molecule has 0 atom stereocenters. The zero-order valence-electron chi connectivity index (χ0n) is 25.6. The number of halogens is 2. The fraction of sp³-hybridized carbons (Fsp3) is 0.706. The maximum atomic E-state index is 5.95. The summed E-state index contributed by atoms with van der Waals surface area (Å²) < 4.78 is 16.5. The predicted molar refractivity (Wildman–Crippen MR) is 158 cm³/mol. The highest BCUT2D eigenvalue weighted by atomic mass is 79.9. The fourth-order valence-corrected chi connectivity index (χ4v) is 4.89. The lowest BCUT2D eigenvalue weighted by atomic mass is 10.1. The van der Waals surface area contributed by atoms with Gasteiger partial charge in [0.2, 0.25) is 0 Å². The van der Waals surface area contributed by atoms with E-state index in [2.05, 4.69) is 72.0 Å². The first-order valence-electron chi connectivity index (χ1n) is 15.9. The Hall–Kier alpha value is -0.820. The monoisotopic (exact) mass is 684 g/mol. The number of nitrogens with zero attached hydrogens (tertiary/aromatic N) is 2. The van der Waals surface area contributed by atoms with E-state index in [1.807, 2.05) is 0 Å². The van der Waals surface area contributed by atoms with E-state index in [9.17, 15) is 0 Å². The van der Waals surface area contributed by atoms with Gasteiger partial charge in [-0.1, -0.05) is 78.1 Å². The van der Waals surface area contributed by atoms with Gasteiger partial charge in [-0.25, -0.2) is 9.13 Å². The number of pyridine rings is 2. The Morgan fingerprint density at radius 3 is 1.30 bits per heavy atom. The van der Waals surface area contributed by atoms with Crippen LogP contribution < -0.4 is 43.1 Å². The van der Waals surface area contributed by atoms with E-state index >= 15 is 0 Å². The standard InChI is InChI=1S/C34H58N2O2.2BrH/c1-3-5-7-9-11-15-23-35-25-19-21-33(29-35)31-37-27-17-13-14-18-28-38-32-34-22-20-26-36(30-34)24-16-12-10-8-6-4-2;;/h19-22,25-26,29-30H,3-18,23-24,27-28,31-32H2,1-2H3;2*1H/q+2;;/p-2. The minimum absolute atomic E-state index is 0. The Balaban J connectivity index is 0.00000760. The molecule has 0 spiro atoms. The molecule has 2 aromatic heterocycles. The van der Waals surface area contributed by atoms with Gasteiger partial charge in [0.25, 0.3) is 0 Å². The molecule has 0 N–H and O–H groups in total. The van der Waals surface area contributed by atoms with E-state index in [0.29, 0.717) is 0 Å². The van der Waals surface area contributed by atoms with Crippen molar-refractivity contribution in [1.82, 2.24) is 0 Å². The molecule has 0 radical (unpaired) electrons. The first-order chi connectivity index (χ1) is 18.8. The summed E-state index contributed by atoms with van der Waals surface area (Å²) >= 11 is 0. The smallest absolute Gasteiger partial charge is 0.174 e. The summed E-state index contributed by atoms with van der Waals surface area (Å²) in [5, 5.41) is 0. The minimum atomic E-state index is 0. The SMILES string of the molecule is CCCCCCCC[n+]1cccc(COCCCCCCOCc2ccc[n+](CCCCCCCC)c2)c1.[Br-].[Br-]. The van der Waals surface area contributed by atoms with Gasteiger partial charge in [0.15, 0.2) is 24.8 Å². The summed E-state index contributed by atoms with van der Waals surface area (Å²) in [4.78, 5) is 0. The van der Waals surface area contributed by atoms with Gasteiger partial charge in [-0.3, -0.25) is 0 Å². The van der Waals surface area contributed by atoms with Crippen molar-refractivity contribution in [3.05, 3.63) is 60.2 Å². The second-order valence-electron chi connectivity index (χ2n) is 11.0. The number of rotatable bonds is 25. The Bertz CT molecular complexity index is 755. The number of hydrogen-bond acceptors (Lipinski definition) is 2. The maximum Gasteiger partial charge on any atom is 0.174 e. The summed E-state index contributed by atoms with van der Waals surface area (Å²) in [6.45, 7) is 9.91. The van der Waals surface area contributed by atoms with E-state index in [1.165, 1.54) is 101 Å². The van der Waals surface area contributed by atoms with Crippen molar-refractivity contribution in [3.63, 3.8) is 0 Å². The van der Waals surface area contributed by atoms with Crippen LogP contribution in [0.4, 0.5) is 0 Å². The lowest BCUT2D eigenvalue weighted by molar-refractivity contribution is -0.698. The average Bonchev–Trinajstić information content (AvgIpc) is 2.94. The second kappa shape index (κ2) is 28.3. The van der Waals surface area contributed by atoms with Crippen molar-refractivity contribution in [3.8, 4) is 0 Å². The highest BCUT2D eigenvalue weighted by Gasteiger charge is 2.05. The molecule has 0 aliphatic heterocycles. The van der Waals surface area contributed by atoms with Gasteiger partial charge < -0.3 is 43.4 Å². The molecule has 0 saturated heterocycles. The lowest BCUT2D eigenvalue weighted by Crippen LogP contribution is -3.00. The third-order valence-corrected chi connectivity index (χ3v) is 7.24. The van der Waals surface area contributed by atoms with E-state index in [4.69, 9.17) is 9.47 Å². The van der Waals surface area contributed by atoms with E-state index in [0.717, 1.165) is 52.4 Å². The van der Waals surface area contributed by atoms with Gasteiger partial charge >= 0.3 is 0 Å². The number of hydrogen-bond donors (Lipinski definition) is 0. The first kappa shape index (κ1) is 39.2. The minimum Gasteiger partial charge on any atom is -1.00 e. The van der Waals surface area contributed by atoms with Crippen molar-refractivity contribution in [2.75, 3.05) is 13.2 Å². The summed E-state index contributed by atoms with van der Waals surface area (Å²) in [7, 11) is 0. The van der Waals surface area contributed by atoms with Gasteiger partial charge in [0.05, 0.1) is 13.2 Å². The van der Waals surface area contributed by atoms with E-state index < -0.39 is 0 Å². The normalized spacial score (nSPS) is 10.8. The van der Waals surface area contributed by atoms with Crippen LogP contribution in [-0.2, 0) is 35.8 Å². The molecule has 2 heterocycles. The van der Waals surface area contributed by atoms with Crippen LogP contribution in [-0.4, -0.2) is 13.2 Å². The number of aryl methyl sites for hydroxylation is 2. The Morgan fingerprint density at radius 2 is 0.875 bits per heavy atom. The molecule has 4 nitrogen and oxygen atoms in total. The van der Waals surface area contributed by atoms with Crippen LogP contribution in [0.2, 0.25) is 0 Å². The molecule has 2 aromatic rings. The molecule has 0 amide bonds. The van der Waals surface area contributed by atoms with E-state index in [-0.39, 0.29) is 34.0 Å². The first-order valence-corrected chi connectivity index (χ1v) is 15.9. The summed E-state index contributed by atoms with van der Waals surface area (Å²) in [6, 6.07) is 8.66. The van der Waals surface area contributed by atoms with Gasteiger partial charge in [0.1, 0.15) is 13.1 Å². The molecule has 0 aliphatic rings. The molecule has 0 fully saturated rings. The zero-order valence-corrected chi connectivity index (χ0v) is 28.8. The van der Waals surface area contributed by atoms with Crippen molar-refractivity contribution in [2.45, 2.75) is 143 Å².